The molecule has 1 aromatic carbocycles. The molecule has 0 saturated heterocycles. The van der Waals surface area contributed by atoms with Crippen molar-refractivity contribution in [2.45, 2.75) is 0 Å². The second kappa shape index (κ2) is 3.14. The summed E-state index contributed by atoms with van der Waals surface area (Å²) in [4.78, 5) is 10.1. The van der Waals surface area contributed by atoms with Crippen molar-refractivity contribution in [3.05, 3.63) is 34.9 Å². The van der Waals surface area contributed by atoms with Gasteiger partial charge in [0.1, 0.15) is 11.6 Å². The molecule has 60 valence electrons. The molecule has 12 heavy (non-hydrogen) atoms. The van der Waals surface area contributed by atoms with E-state index >= 15 is 0 Å². The van der Waals surface area contributed by atoms with Gasteiger partial charge < -0.3 is 0 Å². The molecule has 0 aromatic heterocycles. The first-order valence-electron chi connectivity index (χ1n) is 3.10. The third-order valence-corrected chi connectivity index (χ3v) is 1.36. The van der Waals surface area contributed by atoms with Crippen LogP contribution in [0.4, 0.5) is 8.78 Å². The first-order valence-corrected chi connectivity index (χ1v) is 3.10. The maximum Gasteiger partial charge on any atom is 0.155 e. The van der Waals surface area contributed by atoms with E-state index in [4.69, 9.17) is 6.42 Å². The van der Waals surface area contributed by atoms with Crippen molar-refractivity contribution in [3.8, 4) is 12.3 Å². The van der Waals surface area contributed by atoms with Crippen LogP contribution in [-0.4, -0.2) is 6.29 Å². The van der Waals surface area contributed by atoms with E-state index in [1.807, 2.05) is 0 Å². The first-order chi connectivity index (χ1) is 5.69. The van der Waals surface area contributed by atoms with Crippen LogP contribution in [0.2, 0.25) is 0 Å². The lowest BCUT2D eigenvalue weighted by molar-refractivity contribution is 0.111. The number of rotatable bonds is 1. The summed E-state index contributed by atoms with van der Waals surface area (Å²) in [6.45, 7) is 0. The van der Waals surface area contributed by atoms with E-state index in [1.165, 1.54) is 0 Å². The number of terminal acetylenes is 1. The number of carbonyl (C=O) groups excluding carboxylic acids is 1. The fourth-order valence-electron chi connectivity index (χ4n) is 0.780. The molecule has 0 amide bonds. The van der Waals surface area contributed by atoms with E-state index in [2.05, 4.69) is 5.92 Å². The smallest absolute Gasteiger partial charge is 0.155 e. The monoisotopic (exact) mass is 166 g/mol. The van der Waals surface area contributed by atoms with Crippen molar-refractivity contribution in [2.75, 3.05) is 0 Å². The van der Waals surface area contributed by atoms with Crippen LogP contribution in [0.1, 0.15) is 15.9 Å². The average Bonchev–Trinajstić information content (AvgIpc) is 2.03. The predicted molar refractivity (Wildman–Crippen MR) is 39.7 cm³/mol. The number of halogens is 2. The van der Waals surface area contributed by atoms with Gasteiger partial charge in [0.2, 0.25) is 0 Å². The van der Waals surface area contributed by atoms with E-state index in [0.717, 1.165) is 12.1 Å². The van der Waals surface area contributed by atoms with Gasteiger partial charge in [0.15, 0.2) is 6.29 Å². The number of hydrogen-bond donors (Lipinski definition) is 0. The van der Waals surface area contributed by atoms with E-state index in [9.17, 15) is 13.6 Å². The van der Waals surface area contributed by atoms with Crippen LogP contribution in [-0.2, 0) is 0 Å². The van der Waals surface area contributed by atoms with Gasteiger partial charge in [-0.15, -0.1) is 6.42 Å². The van der Waals surface area contributed by atoms with Crippen molar-refractivity contribution in [1.82, 2.24) is 0 Å². The van der Waals surface area contributed by atoms with Crippen molar-refractivity contribution in [3.63, 3.8) is 0 Å². The summed E-state index contributed by atoms with van der Waals surface area (Å²) in [7, 11) is 0. The minimum Gasteiger partial charge on any atom is -0.298 e. The molecule has 0 spiro atoms. The summed E-state index contributed by atoms with van der Waals surface area (Å²) in [5.41, 5.74) is -0.510. The first kappa shape index (κ1) is 8.41. The van der Waals surface area contributed by atoms with E-state index in [1.54, 1.807) is 0 Å². The number of carbonyl (C=O) groups is 1. The molecule has 0 aliphatic rings. The Morgan fingerprint density at radius 1 is 1.33 bits per heavy atom. The van der Waals surface area contributed by atoms with Crippen LogP contribution in [0.3, 0.4) is 0 Å². The third kappa shape index (κ3) is 1.32. The van der Waals surface area contributed by atoms with E-state index in [-0.39, 0.29) is 11.8 Å². The lowest BCUT2D eigenvalue weighted by Gasteiger charge is -1.97. The van der Waals surface area contributed by atoms with Crippen LogP contribution in [0.15, 0.2) is 12.1 Å². The summed E-state index contributed by atoms with van der Waals surface area (Å²) < 4.78 is 25.5. The van der Waals surface area contributed by atoms with Crippen LogP contribution >= 0.6 is 0 Å². The molecule has 0 atom stereocenters. The molecule has 0 aliphatic carbocycles. The number of aldehydes is 1. The fraction of sp³-hybridized carbons (Fsp3) is 0. The molecule has 0 unspecified atom stereocenters. The molecule has 1 aromatic rings. The fourth-order valence-corrected chi connectivity index (χ4v) is 0.780. The molecule has 1 rings (SSSR count). The van der Waals surface area contributed by atoms with Gasteiger partial charge in [-0.25, -0.2) is 8.78 Å². The molecule has 1 nitrogen and oxygen atoms in total. The molecular formula is C9H4F2O. The van der Waals surface area contributed by atoms with Crippen molar-refractivity contribution in [1.29, 1.82) is 0 Å². The number of hydrogen-bond acceptors (Lipinski definition) is 1. The SMILES string of the molecule is C#Cc1cc(F)c(C=O)c(F)c1. The normalized spacial score (nSPS) is 9.08. The molecular weight excluding hydrogens is 162 g/mol. The average molecular weight is 166 g/mol. The standard InChI is InChI=1S/C9H4F2O/c1-2-6-3-8(10)7(5-12)9(11)4-6/h1,3-5H. The molecule has 0 radical (unpaired) electrons. The van der Waals surface area contributed by atoms with Gasteiger partial charge in [0, 0.05) is 5.56 Å². The van der Waals surface area contributed by atoms with Crippen LogP contribution in [0, 0.1) is 24.0 Å². The summed E-state index contributed by atoms with van der Waals surface area (Å²) in [5, 5.41) is 0. The Kier molecular flexibility index (Phi) is 2.20. The molecule has 0 heterocycles. The molecule has 0 fully saturated rings. The predicted octanol–water partition coefficient (Wildman–Crippen LogP) is 1.76. The zero-order valence-electron chi connectivity index (χ0n) is 5.97. The summed E-state index contributed by atoms with van der Waals surface area (Å²) in [6.07, 6.45) is 5.02. The van der Waals surface area contributed by atoms with Gasteiger partial charge in [-0.3, -0.25) is 4.79 Å². The molecule has 0 N–H and O–H groups in total. The Labute approximate surface area is 68.0 Å². The van der Waals surface area contributed by atoms with Gasteiger partial charge in [-0.05, 0) is 12.1 Å². The Morgan fingerprint density at radius 3 is 2.17 bits per heavy atom. The largest absolute Gasteiger partial charge is 0.298 e. The Morgan fingerprint density at radius 2 is 1.83 bits per heavy atom. The molecule has 3 heteroatoms. The topological polar surface area (TPSA) is 17.1 Å². The van der Waals surface area contributed by atoms with Crippen molar-refractivity contribution >= 4 is 6.29 Å². The zero-order chi connectivity index (χ0) is 9.14. The second-order valence-corrected chi connectivity index (χ2v) is 2.12. The molecule has 0 saturated carbocycles. The van der Waals surface area contributed by atoms with Gasteiger partial charge >= 0.3 is 0 Å². The Balaban J connectivity index is 3.39. The van der Waals surface area contributed by atoms with Crippen LogP contribution < -0.4 is 0 Å². The van der Waals surface area contributed by atoms with Crippen LogP contribution in [0.25, 0.3) is 0 Å². The quantitative estimate of drug-likeness (QED) is 0.459. The second-order valence-electron chi connectivity index (χ2n) is 2.12. The minimum atomic E-state index is -0.932. The van der Waals surface area contributed by atoms with E-state index < -0.39 is 17.2 Å². The highest BCUT2D eigenvalue weighted by Gasteiger charge is 2.08. The van der Waals surface area contributed by atoms with Gasteiger partial charge in [-0.1, -0.05) is 5.92 Å². The highest BCUT2D eigenvalue weighted by molar-refractivity contribution is 5.76. The highest BCUT2D eigenvalue weighted by Crippen LogP contribution is 2.12. The lowest BCUT2D eigenvalue weighted by Crippen LogP contribution is -1.94. The molecule has 0 aliphatic heterocycles. The summed E-state index contributed by atoms with van der Waals surface area (Å²) >= 11 is 0. The molecule has 0 bridgehead atoms. The van der Waals surface area contributed by atoms with Crippen molar-refractivity contribution in [2.24, 2.45) is 0 Å². The summed E-state index contributed by atoms with van der Waals surface area (Å²) in [5.74, 6) is 0.199. The summed E-state index contributed by atoms with van der Waals surface area (Å²) in [6, 6.07) is 1.87. The van der Waals surface area contributed by atoms with Gasteiger partial charge in [-0.2, -0.15) is 0 Å². The highest BCUT2D eigenvalue weighted by atomic mass is 19.1. The van der Waals surface area contributed by atoms with E-state index in [0.29, 0.717) is 0 Å². The minimum absolute atomic E-state index is 0.0793. The Hall–Kier alpha value is -1.69. The van der Waals surface area contributed by atoms with Crippen molar-refractivity contribution < 1.29 is 13.6 Å². The maximum absolute atomic E-state index is 12.7. The van der Waals surface area contributed by atoms with Gasteiger partial charge in [0.25, 0.3) is 0 Å². The zero-order valence-corrected chi connectivity index (χ0v) is 5.97. The third-order valence-electron chi connectivity index (χ3n) is 1.36. The lowest BCUT2D eigenvalue weighted by atomic mass is 10.1. The maximum atomic E-state index is 12.7. The van der Waals surface area contributed by atoms with Crippen LogP contribution in [0.5, 0.6) is 0 Å². The van der Waals surface area contributed by atoms with Gasteiger partial charge in [0.05, 0.1) is 5.56 Å². The number of benzene rings is 1. The Bertz CT molecular complexity index is 340.